The Kier molecular flexibility index (Phi) is 7.63. The van der Waals surface area contributed by atoms with E-state index in [9.17, 15) is 23.2 Å². The summed E-state index contributed by atoms with van der Waals surface area (Å²) in [4.78, 5) is 41.2. The number of hydrogen-bond acceptors (Lipinski definition) is 4. The summed E-state index contributed by atoms with van der Waals surface area (Å²) in [5.74, 6) is -1.85. The molecule has 0 spiro atoms. The molecule has 182 valence electrons. The zero-order valence-corrected chi connectivity index (χ0v) is 20.1. The van der Waals surface area contributed by atoms with Crippen molar-refractivity contribution < 1.29 is 23.2 Å². The molecule has 0 radical (unpaired) electrons. The van der Waals surface area contributed by atoms with Crippen molar-refractivity contribution in [3.63, 3.8) is 0 Å². The number of amides is 3. The monoisotopic (exact) mass is 484 g/mol. The van der Waals surface area contributed by atoms with Crippen molar-refractivity contribution in [1.29, 1.82) is 0 Å². The first kappa shape index (κ1) is 25.4. The fraction of sp³-hybridized carbons (Fsp3) is 0.609. The standard InChI is InChI=1S/C23H31ClF2N4O3/c1-13(2)30(14-6-5-7-27-12-14)21(32)15-10-18-16(11-17(15)24)23(3,4)22(33)29(18)9-8-28-20(31)19(25)26/h10-11,13-14,19,27H,5-9,12H2,1-4H3,(H,28,31). The van der Waals surface area contributed by atoms with Crippen molar-refractivity contribution in [2.45, 2.75) is 64.5 Å². The second kappa shape index (κ2) is 9.93. The van der Waals surface area contributed by atoms with Gasteiger partial charge in [0.25, 0.3) is 11.8 Å². The van der Waals surface area contributed by atoms with Crippen LogP contribution in [0.2, 0.25) is 5.02 Å². The number of rotatable bonds is 7. The van der Waals surface area contributed by atoms with Crippen molar-refractivity contribution in [2.75, 3.05) is 31.1 Å². The van der Waals surface area contributed by atoms with E-state index in [1.165, 1.54) is 4.90 Å². The smallest absolute Gasteiger partial charge is 0.315 e. The van der Waals surface area contributed by atoms with Crippen molar-refractivity contribution in [1.82, 2.24) is 15.5 Å². The maximum Gasteiger partial charge on any atom is 0.315 e. The molecule has 1 fully saturated rings. The first-order valence-electron chi connectivity index (χ1n) is 11.2. The van der Waals surface area contributed by atoms with Gasteiger partial charge in [-0.25, -0.2) is 0 Å². The number of benzene rings is 1. The largest absolute Gasteiger partial charge is 0.349 e. The maximum absolute atomic E-state index is 13.6. The molecule has 3 amide bonds. The number of nitrogens with zero attached hydrogens (tertiary/aromatic N) is 2. The molecule has 1 aromatic rings. The lowest BCUT2D eigenvalue weighted by Gasteiger charge is -2.38. The fourth-order valence-corrected chi connectivity index (χ4v) is 4.88. The van der Waals surface area contributed by atoms with Gasteiger partial charge in [-0.05, 0) is 64.8 Å². The lowest BCUT2D eigenvalue weighted by molar-refractivity contribution is -0.131. The second-order valence-electron chi connectivity index (χ2n) is 9.33. The van der Waals surface area contributed by atoms with E-state index in [-0.39, 0.29) is 42.0 Å². The Balaban J connectivity index is 1.93. The van der Waals surface area contributed by atoms with Crippen LogP contribution in [0.3, 0.4) is 0 Å². The highest BCUT2D eigenvalue weighted by atomic mass is 35.5. The zero-order valence-electron chi connectivity index (χ0n) is 19.4. The van der Waals surface area contributed by atoms with E-state index < -0.39 is 17.7 Å². The number of carbonyl (C=O) groups excluding carboxylic acids is 3. The highest BCUT2D eigenvalue weighted by Crippen LogP contribution is 2.44. The van der Waals surface area contributed by atoms with Crippen LogP contribution in [-0.2, 0) is 15.0 Å². The van der Waals surface area contributed by atoms with Crippen molar-refractivity contribution in [3.8, 4) is 0 Å². The summed E-state index contributed by atoms with van der Waals surface area (Å²) < 4.78 is 25.0. The summed E-state index contributed by atoms with van der Waals surface area (Å²) in [6.07, 6.45) is -1.26. The predicted molar refractivity (Wildman–Crippen MR) is 123 cm³/mol. The molecule has 1 saturated heterocycles. The molecular formula is C23H31ClF2N4O3. The number of hydrogen-bond donors (Lipinski definition) is 2. The van der Waals surface area contributed by atoms with Gasteiger partial charge in [0, 0.05) is 37.4 Å². The second-order valence-corrected chi connectivity index (χ2v) is 9.74. The Morgan fingerprint density at radius 1 is 1.33 bits per heavy atom. The third-order valence-corrected chi connectivity index (χ3v) is 6.66. The molecule has 0 bridgehead atoms. The average molecular weight is 485 g/mol. The summed E-state index contributed by atoms with van der Waals surface area (Å²) in [7, 11) is 0. The number of fused-ring (bicyclic) bond motifs is 1. The Hall–Kier alpha value is -2.26. The average Bonchev–Trinajstić information content (AvgIpc) is 2.93. The molecule has 2 aliphatic heterocycles. The number of anilines is 1. The maximum atomic E-state index is 13.6. The molecule has 0 aliphatic carbocycles. The SMILES string of the molecule is CC(C)N(C(=O)c1cc2c(cc1Cl)C(C)(C)C(=O)N2CCNC(=O)C(F)F)C1CCCNC1. The van der Waals surface area contributed by atoms with E-state index in [0.717, 1.165) is 19.4 Å². The van der Waals surface area contributed by atoms with Crippen LogP contribution in [0, 0.1) is 0 Å². The third kappa shape index (κ3) is 4.99. The van der Waals surface area contributed by atoms with Crippen LogP contribution >= 0.6 is 11.6 Å². The van der Waals surface area contributed by atoms with Gasteiger partial charge >= 0.3 is 6.43 Å². The van der Waals surface area contributed by atoms with E-state index in [2.05, 4.69) is 10.6 Å². The Labute approximate surface area is 197 Å². The minimum atomic E-state index is -3.12. The van der Waals surface area contributed by atoms with Gasteiger partial charge in [-0.15, -0.1) is 0 Å². The van der Waals surface area contributed by atoms with Crippen LogP contribution in [-0.4, -0.2) is 67.3 Å². The van der Waals surface area contributed by atoms with Gasteiger partial charge < -0.3 is 20.4 Å². The van der Waals surface area contributed by atoms with Crippen LogP contribution in [0.15, 0.2) is 12.1 Å². The number of carbonyl (C=O) groups is 3. The quantitative estimate of drug-likeness (QED) is 0.623. The summed E-state index contributed by atoms with van der Waals surface area (Å²) in [6.45, 7) is 8.90. The normalized spacial score (nSPS) is 19.7. The van der Waals surface area contributed by atoms with E-state index in [4.69, 9.17) is 11.6 Å². The number of alkyl halides is 2. The molecule has 0 aromatic heterocycles. The third-order valence-electron chi connectivity index (χ3n) is 6.35. The molecular weight excluding hydrogens is 454 g/mol. The molecule has 2 N–H and O–H groups in total. The Morgan fingerprint density at radius 2 is 2.03 bits per heavy atom. The minimum Gasteiger partial charge on any atom is -0.349 e. The lowest BCUT2D eigenvalue weighted by Crippen LogP contribution is -2.51. The van der Waals surface area contributed by atoms with Crippen LogP contribution in [0.1, 0.15) is 56.5 Å². The molecule has 3 rings (SSSR count). The molecule has 1 unspecified atom stereocenters. The Morgan fingerprint density at radius 3 is 2.61 bits per heavy atom. The topological polar surface area (TPSA) is 81.8 Å². The van der Waals surface area contributed by atoms with Crippen molar-refractivity contribution in [2.24, 2.45) is 0 Å². The zero-order chi connectivity index (χ0) is 24.5. The molecule has 2 heterocycles. The molecule has 2 aliphatic rings. The highest BCUT2D eigenvalue weighted by molar-refractivity contribution is 6.34. The summed E-state index contributed by atoms with van der Waals surface area (Å²) in [5.41, 5.74) is 0.555. The van der Waals surface area contributed by atoms with Gasteiger partial charge in [-0.3, -0.25) is 14.4 Å². The number of nitrogens with one attached hydrogen (secondary N) is 2. The lowest BCUT2D eigenvalue weighted by atomic mass is 9.85. The highest BCUT2D eigenvalue weighted by Gasteiger charge is 2.45. The predicted octanol–water partition coefficient (Wildman–Crippen LogP) is 2.95. The van der Waals surface area contributed by atoms with E-state index >= 15 is 0 Å². The number of halogens is 3. The van der Waals surface area contributed by atoms with Gasteiger partial charge in [0.05, 0.1) is 16.0 Å². The molecule has 7 nitrogen and oxygen atoms in total. The van der Waals surface area contributed by atoms with Gasteiger partial charge in [0.1, 0.15) is 0 Å². The first-order chi connectivity index (χ1) is 15.5. The van der Waals surface area contributed by atoms with E-state index in [1.54, 1.807) is 26.0 Å². The van der Waals surface area contributed by atoms with E-state index in [0.29, 0.717) is 23.4 Å². The van der Waals surface area contributed by atoms with Gasteiger partial charge in [0.2, 0.25) is 5.91 Å². The van der Waals surface area contributed by atoms with Gasteiger partial charge in [-0.2, -0.15) is 8.78 Å². The van der Waals surface area contributed by atoms with Crippen molar-refractivity contribution >= 4 is 35.0 Å². The minimum absolute atomic E-state index is 0.00340. The fourth-order valence-electron chi connectivity index (χ4n) is 4.63. The molecule has 0 saturated carbocycles. The summed E-state index contributed by atoms with van der Waals surface area (Å²) in [6, 6.07) is 3.25. The first-order valence-corrected chi connectivity index (χ1v) is 11.6. The summed E-state index contributed by atoms with van der Waals surface area (Å²) in [5, 5.41) is 5.72. The molecule has 1 aromatic carbocycles. The number of piperidine rings is 1. The van der Waals surface area contributed by atoms with Crippen LogP contribution in [0.4, 0.5) is 14.5 Å². The van der Waals surface area contributed by atoms with E-state index in [1.807, 2.05) is 18.7 Å². The molecule has 33 heavy (non-hydrogen) atoms. The van der Waals surface area contributed by atoms with Gasteiger partial charge in [-0.1, -0.05) is 11.6 Å². The van der Waals surface area contributed by atoms with Gasteiger partial charge in [0.15, 0.2) is 0 Å². The molecule has 1 atom stereocenters. The van der Waals surface area contributed by atoms with Crippen LogP contribution in [0.25, 0.3) is 0 Å². The Bertz CT molecular complexity index is 933. The van der Waals surface area contributed by atoms with Crippen LogP contribution < -0.4 is 15.5 Å². The molecule has 10 heteroatoms. The van der Waals surface area contributed by atoms with Crippen LogP contribution in [0.5, 0.6) is 0 Å². The van der Waals surface area contributed by atoms with Crippen molar-refractivity contribution in [3.05, 3.63) is 28.3 Å². The summed E-state index contributed by atoms with van der Waals surface area (Å²) >= 11 is 6.56.